The summed E-state index contributed by atoms with van der Waals surface area (Å²) in [5.74, 6) is 0.0932. The van der Waals surface area contributed by atoms with Crippen molar-refractivity contribution in [3.05, 3.63) is 69.7 Å². The van der Waals surface area contributed by atoms with Crippen LogP contribution in [0.3, 0.4) is 0 Å². The molecule has 25 heavy (non-hydrogen) atoms. The molecule has 5 nitrogen and oxygen atoms in total. The summed E-state index contributed by atoms with van der Waals surface area (Å²) < 4.78 is 5.72. The fourth-order valence-electron chi connectivity index (χ4n) is 2.68. The van der Waals surface area contributed by atoms with Crippen LogP contribution in [-0.2, 0) is 0 Å². The van der Waals surface area contributed by atoms with Crippen molar-refractivity contribution in [3.63, 3.8) is 0 Å². The highest BCUT2D eigenvalue weighted by Gasteiger charge is 2.23. The Bertz CT molecular complexity index is 1040. The van der Waals surface area contributed by atoms with Crippen LogP contribution in [0.25, 0.3) is 11.3 Å². The molecule has 0 aliphatic carbocycles. The van der Waals surface area contributed by atoms with Gasteiger partial charge in [0.2, 0.25) is 0 Å². The average Bonchev–Trinajstić information content (AvgIpc) is 3.10. The minimum Gasteiger partial charge on any atom is -0.464 e. The highest BCUT2D eigenvalue weighted by molar-refractivity contribution is 7.71. The third-order valence-corrected chi connectivity index (χ3v) is 4.21. The Morgan fingerprint density at radius 3 is 2.64 bits per heavy atom. The molecular weight excluding hydrogens is 334 g/mol. The number of hydrogen-bond donors (Lipinski definition) is 2. The van der Waals surface area contributed by atoms with Crippen molar-refractivity contribution in [1.82, 2.24) is 4.98 Å². The molecule has 0 aliphatic heterocycles. The lowest BCUT2D eigenvalue weighted by Crippen LogP contribution is -2.17. The second kappa shape index (κ2) is 6.75. The van der Waals surface area contributed by atoms with E-state index in [9.17, 15) is 10.1 Å². The van der Waals surface area contributed by atoms with Gasteiger partial charge in [-0.2, -0.15) is 5.26 Å². The van der Waals surface area contributed by atoms with E-state index >= 15 is 0 Å². The monoisotopic (exact) mass is 349 g/mol. The summed E-state index contributed by atoms with van der Waals surface area (Å²) in [6, 6.07) is 13.0. The third kappa shape index (κ3) is 3.10. The van der Waals surface area contributed by atoms with Gasteiger partial charge in [-0.15, -0.1) is 0 Å². The van der Waals surface area contributed by atoms with Crippen molar-refractivity contribution in [2.75, 3.05) is 5.32 Å². The molecule has 0 bridgehead atoms. The summed E-state index contributed by atoms with van der Waals surface area (Å²) in [4.78, 5) is 15.9. The Morgan fingerprint density at radius 1 is 1.24 bits per heavy atom. The van der Waals surface area contributed by atoms with Crippen LogP contribution in [-0.4, -0.2) is 10.9 Å². The maximum absolute atomic E-state index is 13.0. The lowest BCUT2D eigenvalue weighted by Gasteiger charge is -2.14. The maximum atomic E-state index is 13.0. The predicted octanol–water partition coefficient (Wildman–Crippen LogP) is 4.75. The molecule has 1 aromatic carbocycles. The summed E-state index contributed by atoms with van der Waals surface area (Å²) in [5.41, 5.74) is 3.17. The number of pyridine rings is 1. The number of benzene rings is 1. The predicted molar refractivity (Wildman–Crippen MR) is 97.9 cm³/mol. The standard InChI is InChI=1S/C19H15N3O2S/c1-11-6-3-4-7-14(11)22-18(23)16-12(2)21-19(25)13(10-20)17(16)15-8-5-9-24-15/h3-9H,1-2H3,(H,21,25)(H,22,23). The summed E-state index contributed by atoms with van der Waals surface area (Å²) >= 11 is 5.25. The molecule has 0 radical (unpaired) electrons. The Balaban J connectivity index is 2.19. The Hall–Kier alpha value is -3.17. The number of furan rings is 1. The Morgan fingerprint density at radius 2 is 2.00 bits per heavy atom. The highest BCUT2D eigenvalue weighted by atomic mass is 32.1. The zero-order valence-electron chi connectivity index (χ0n) is 13.7. The second-order valence-electron chi connectivity index (χ2n) is 5.56. The number of nitriles is 1. The van der Waals surface area contributed by atoms with Crippen LogP contribution < -0.4 is 5.32 Å². The number of anilines is 1. The van der Waals surface area contributed by atoms with E-state index in [0.717, 1.165) is 5.56 Å². The molecule has 0 atom stereocenters. The van der Waals surface area contributed by atoms with E-state index in [0.29, 0.717) is 28.3 Å². The molecule has 0 unspecified atom stereocenters. The van der Waals surface area contributed by atoms with Gasteiger partial charge in [-0.3, -0.25) is 4.79 Å². The van der Waals surface area contributed by atoms with E-state index in [1.807, 2.05) is 31.2 Å². The van der Waals surface area contributed by atoms with Gasteiger partial charge in [-0.1, -0.05) is 30.4 Å². The number of carbonyl (C=O) groups is 1. The maximum Gasteiger partial charge on any atom is 0.258 e. The molecule has 0 saturated carbocycles. The van der Waals surface area contributed by atoms with Gasteiger partial charge in [0.1, 0.15) is 16.5 Å². The van der Waals surface area contributed by atoms with Gasteiger partial charge in [0.15, 0.2) is 0 Å². The SMILES string of the molecule is Cc1ccccc1NC(=O)c1c(C)[nH]c(=S)c(C#N)c1-c1ccco1. The van der Waals surface area contributed by atoms with Crippen molar-refractivity contribution in [2.45, 2.75) is 13.8 Å². The zero-order valence-corrected chi connectivity index (χ0v) is 14.5. The number of nitrogens with one attached hydrogen (secondary N) is 2. The molecule has 0 fully saturated rings. The van der Waals surface area contributed by atoms with Crippen LogP contribution in [0.5, 0.6) is 0 Å². The van der Waals surface area contributed by atoms with Gasteiger partial charge < -0.3 is 14.7 Å². The average molecular weight is 349 g/mol. The molecule has 124 valence electrons. The van der Waals surface area contributed by atoms with Gasteiger partial charge in [-0.25, -0.2) is 0 Å². The molecule has 2 heterocycles. The van der Waals surface area contributed by atoms with E-state index in [2.05, 4.69) is 16.4 Å². The van der Waals surface area contributed by atoms with E-state index in [1.54, 1.807) is 19.1 Å². The normalized spacial score (nSPS) is 10.3. The molecule has 3 aromatic rings. The molecule has 0 aliphatic rings. The van der Waals surface area contributed by atoms with Crippen molar-refractivity contribution < 1.29 is 9.21 Å². The van der Waals surface area contributed by atoms with Gasteiger partial charge in [0, 0.05) is 11.4 Å². The number of aromatic amines is 1. The number of nitrogens with zero attached hydrogens (tertiary/aromatic N) is 1. The Kier molecular flexibility index (Phi) is 4.50. The van der Waals surface area contributed by atoms with Gasteiger partial charge >= 0.3 is 0 Å². The molecule has 3 rings (SSSR count). The topological polar surface area (TPSA) is 81.8 Å². The molecule has 6 heteroatoms. The number of hydrogen-bond acceptors (Lipinski definition) is 4. The van der Waals surface area contributed by atoms with Crippen LogP contribution in [0.1, 0.15) is 27.2 Å². The van der Waals surface area contributed by atoms with Crippen molar-refractivity contribution in [2.24, 2.45) is 0 Å². The number of aromatic nitrogens is 1. The number of para-hydroxylation sites is 1. The summed E-state index contributed by atoms with van der Waals surface area (Å²) in [6.45, 7) is 3.66. The molecule has 2 N–H and O–H groups in total. The van der Waals surface area contributed by atoms with Crippen LogP contribution in [0.4, 0.5) is 5.69 Å². The first-order chi connectivity index (χ1) is 12.0. The van der Waals surface area contributed by atoms with E-state index in [4.69, 9.17) is 16.6 Å². The van der Waals surface area contributed by atoms with Crippen molar-refractivity contribution in [1.29, 1.82) is 5.26 Å². The summed E-state index contributed by atoms with van der Waals surface area (Å²) in [6.07, 6.45) is 1.49. The first kappa shape index (κ1) is 16.7. The molecule has 2 aromatic heterocycles. The van der Waals surface area contributed by atoms with E-state index < -0.39 is 0 Å². The lowest BCUT2D eigenvalue weighted by atomic mass is 9.99. The number of carbonyl (C=O) groups excluding carboxylic acids is 1. The largest absolute Gasteiger partial charge is 0.464 e. The third-order valence-electron chi connectivity index (χ3n) is 3.90. The summed E-state index contributed by atoms with van der Waals surface area (Å²) in [5, 5.41) is 12.4. The second-order valence-corrected chi connectivity index (χ2v) is 5.97. The van der Waals surface area contributed by atoms with Crippen LogP contribution >= 0.6 is 12.2 Å². The van der Waals surface area contributed by atoms with Crippen molar-refractivity contribution >= 4 is 23.8 Å². The smallest absolute Gasteiger partial charge is 0.258 e. The van der Waals surface area contributed by atoms with E-state index in [-0.39, 0.29) is 16.1 Å². The van der Waals surface area contributed by atoms with Crippen molar-refractivity contribution in [3.8, 4) is 17.4 Å². The van der Waals surface area contributed by atoms with E-state index in [1.165, 1.54) is 6.26 Å². The zero-order chi connectivity index (χ0) is 18.0. The van der Waals surface area contributed by atoms with Gasteiger partial charge in [0.05, 0.1) is 23.0 Å². The van der Waals surface area contributed by atoms with Crippen LogP contribution in [0.2, 0.25) is 0 Å². The van der Waals surface area contributed by atoms with Gasteiger partial charge in [-0.05, 0) is 37.6 Å². The first-order valence-corrected chi connectivity index (χ1v) is 8.01. The minimum absolute atomic E-state index is 0.213. The Labute approximate surface area is 149 Å². The number of amides is 1. The quantitative estimate of drug-likeness (QED) is 0.669. The number of aryl methyl sites for hydroxylation is 2. The summed E-state index contributed by atoms with van der Waals surface area (Å²) in [7, 11) is 0. The lowest BCUT2D eigenvalue weighted by molar-refractivity contribution is 0.102. The van der Waals surface area contributed by atoms with Crippen LogP contribution in [0.15, 0.2) is 47.1 Å². The molecule has 0 spiro atoms. The molecule has 1 amide bonds. The first-order valence-electron chi connectivity index (χ1n) is 7.60. The molecule has 0 saturated heterocycles. The highest BCUT2D eigenvalue weighted by Crippen LogP contribution is 2.31. The van der Waals surface area contributed by atoms with Gasteiger partial charge in [0.25, 0.3) is 5.91 Å². The number of rotatable bonds is 3. The fourth-order valence-corrected chi connectivity index (χ4v) is 2.98. The molecular formula is C19H15N3O2S. The number of H-pyrrole nitrogens is 1. The fraction of sp³-hybridized carbons (Fsp3) is 0.105. The minimum atomic E-state index is -0.332. The van der Waals surface area contributed by atoms with Crippen LogP contribution in [0, 0.1) is 29.8 Å².